The van der Waals surface area contributed by atoms with Crippen molar-refractivity contribution in [2.45, 2.75) is 95.6 Å². The number of nitrogens with one attached hydrogen (secondary N) is 1. The average molecular weight is 520 g/mol. The average Bonchev–Trinajstić information content (AvgIpc) is 2.78. The highest BCUT2D eigenvalue weighted by Gasteiger charge is 2.73. The predicted octanol–water partition coefficient (Wildman–Crippen LogP) is 4.97. The highest BCUT2D eigenvalue weighted by atomic mass is 35.5. The molecule has 0 aliphatic heterocycles. The number of rotatable bonds is 9. The molecule has 4 fully saturated rings. The number of carbonyl (C=O) groups is 2. The minimum atomic E-state index is -0.524. The molecule has 3 unspecified atom stereocenters. The van der Waals surface area contributed by atoms with E-state index in [2.05, 4.69) is 38.2 Å². The van der Waals surface area contributed by atoms with Crippen LogP contribution in [0, 0.1) is 16.7 Å². The summed E-state index contributed by atoms with van der Waals surface area (Å²) in [6.45, 7) is 6.65. The smallest absolute Gasteiger partial charge is 0.312 e. The third-order valence-corrected chi connectivity index (χ3v) is 9.45. The maximum atomic E-state index is 13.5. The number of amides is 1. The fourth-order valence-electron chi connectivity index (χ4n) is 7.01. The molecule has 2 N–H and O–H groups in total. The van der Waals surface area contributed by atoms with E-state index in [1.54, 1.807) is 7.11 Å². The minimum absolute atomic E-state index is 0.0207. The lowest BCUT2D eigenvalue weighted by Gasteiger charge is -2.68. The molecule has 0 saturated heterocycles. The third-order valence-electron chi connectivity index (χ3n) is 9.10. The number of hydrogen-bond acceptors (Lipinski definition) is 5. The topological polar surface area (TPSA) is 84.9 Å². The van der Waals surface area contributed by atoms with Crippen LogP contribution in [-0.2, 0) is 30.9 Å². The summed E-state index contributed by atoms with van der Waals surface area (Å²) in [5.41, 5.74) is 1.13. The number of aliphatic hydroxyl groups excluding tert-OH is 1. The predicted molar refractivity (Wildman–Crippen MR) is 140 cm³/mol. The van der Waals surface area contributed by atoms with Gasteiger partial charge in [0.1, 0.15) is 0 Å². The summed E-state index contributed by atoms with van der Waals surface area (Å²) in [5.74, 6) is -0.321. The van der Waals surface area contributed by atoms with Crippen molar-refractivity contribution in [2.24, 2.45) is 16.7 Å². The fourth-order valence-corrected chi connectivity index (χ4v) is 7.29. The second-order valence-electron chi connectivity index (χ2n) is 12.8. The van der Waals surface area contributed by atoms with Gasteiger partial charge in [-0.3, -0.25) is 9.59 Å². The van der Waals surface area contributed by atoms with Crippen molar-refractivity contribution < 1.29 is 24.2 Å². The summed E-state index contributed by atoms with van der Waals surface area (Å²) < 4.78 is 10.6. The molecule has 0 radical (unpaired) electrons. The lowest BCUT2D eigenvalue weighted by Crippen LogP contribution is -2.77. The second kappa shape index (κ2) is 9.92. The molecule has 200 valence electrons. The van der Waals surface area contributed by atoms with Gasteiger partial charge in [0, 0.05) is 36.1 Å². The Kier molecular flexibility index (Phi) is 7.55. The zero-order valence-electron chi connectivity index (χ0n) is 22.4. The number of benzene rings is 1. The zero-order chi connectivity index (χ0) is 26.4. The van der Waals surface area contributed by atoms with Crippen molar-refractivity contribution >= 4 is 23.5 Å². The molecule has 1 aromatic carbocycles. The van der Waals surface area contributed by atoms with E-state index in [1.807, 2.05) is 6.07 Å². The molecule has 4 saturated carbocycles. The van der Waals surface area contributed by atoms with Gasteiger partial charge in [0.15, 0.2) is 0 Å². The molecule has 0 aromatic heterocycles. The number of aryl methyl sites for hydroxylation is 1. The highest BCUT2D eigenvalue weighted by molar-refractivity contribution is 6.31. The van der Waals surface area contributed by atoms with Crippen LogP contribution in [0.2, 0.25) is 5.02 Å². The largest absolute Gasteiger partial charge is 0.469 e. The molecule has 1 amide bonds. The van der Waals surface area contributed by atoms with Gasteiger partial charge in [-0.15, -0.1) is 0 Å². The van der Waals surface area contributed by atoms with Gasteiger partial charge in [0.2, 0.25) is 5.91 Å². The van der Waals surface area contributed by atoms with Crippen LogP contribution in [0.4, 0.5) is 0 Å². The molecule has 0 heterocycles. The number of carbonyl (C=O) groups excluding carboxylic acids is 2. The van der Waals surface area contributed by atoms with E-state index >= 15 is 0 Å². The Morgan fingerprint density at radius 3 is 2.44 bits per heavy atom. The number of aliphatic hydroxyl groups is 1. The standard InChI is InChI=1S/C29H42ClNO5/c1-26(2,3)10-8-19-6-7-20(13-23(19)30)29(11-9-22(35-4)12-21(29)15-32)14-24(33)31-28-16-27(17-28,18-28)25(34)36-5/h6-7,13,21-22,32H,8-12,14-18H2,1-5H3,(H,31,33). The Labute approximate surface area is 220 Å². The van der Waals surface area contributed by atoms with Gasteiger partial charge in [-0.2, -0.15) is 0 Å². The van der Waals surface area contributed by atoms with Gasteiger partial charge in [-0.1, -0.05) is 44.5 Å². The first-order chi connectivity index (χ1) is 16.9. The maximum absolute atomic E-state index is 13.5. The summed E-state index contributed by atoms with van der Waals surface area (Å²) >= 11 is 6.79. The summed E-state index contributed by atoms with van der Waals surface area (Å²) in [6, 6.07) is 6.23. The van der Waals surface area contributed by atoms with E-state index in [1.165, 1.54) is 7.11 Å². The van der Waals surface area contributed by atoms with Crippen LogP contribution < -0.4 is 5.32 Å². The lowest BCUT2D eigenvalue weighted by atomic mass is 9.39. The molecule has 2 bridgehead atoms. The van der Waals surface area contributed by atoms with E-state index in [0.29, 0.717) is 25.7 Å². The van der Waals surface area contributed by atoms with Gasteiger partial charge in [0.25, 0.3) is 0 Å². The van der Waals surface area contributed by atoms with Crippen LogP contribution in [0.5, 0.6) is 0 Å². The number of ether oxygens (including phenoxy) is 2. The van der Waals surface area contributed by atoms with Crippen LogP contribution >= 0.6 is 11.6 Å². The molecular weight excluding hydrogens is 478 g/mol. The first-order valence-electron chi connectivity index (χ1n) is 13.2. The number of hydrogen-bond donors (Lipinski definition) is 2. The Hall–Kier alpha value is -1.63. The molecule has 4 aliphatic rings. The molecule has 4 aliphatic carbocycles. The van der Waals surface area contributed by atoms with Gasteiger partial charge in [-0.25, -0.2) is 0 Å². The first-order valence-corrected chi connectivity index (χ1v) is 13.6. The van der Waals surface area contributed by atoms with E-state index < -0.39 is 10.8 Å². The van der Waals surface area contributed by atoms with E-state index in [9.17, 15) is 14.7 Å². The van der Waals surface area contributed by atoms with Crippen molar-refractivity contribution in [2.75, 3.05) is 20.8 Å². The summed E-state index contributed by atoms with van der Waals surface area (Å²) in [6.07, 6.45) is 6.47. The molecule has 1 aromatic rings. The van der Waals surface area contributed by atoms with Gasteiger partial charge < -0.3 is 19.9 Å². The zero-order valence-corrected chi connectivity index (χ0v) is 23.2. The van der Waals surface area contributed by atoms with Crippen LogP contribution in [-0.4, -0.2) is 49.5 Å². The quantitative estimate of drug-likeness (QED) is 0.450. The third kappa shape index (κ3) is 5.06. The Bertz CT molecular complexity index is 982. The molecule has 3 atom stereocenters. The second-order valence-corrected chi connectivity index (χ2v) is 13.2. The monoisotopic (exact) mass is 519 g/mol. The Balaban J connectivity index is 1.55. The molecule has 7 heteroatoms. The Morgan fingerprint density at radius 2 is 1.89 bits per heavy atom. The van der Waals surface area contributed by atoms with Crippen LogP contribution in [0.1, 0.15) is 83.3 Å². The van der Waals surface area contributed by atoms with Gasteiger partial charge >= 0.3 is 5.97 Å². The maximum Gasteiger partial charge on any atom is 0.312 e. The van der Waals surface area contributed by atoms with Crippen molar-refractivity contribution in [3.8, 4) is 0 Å². The van der Waals surface area contributed by atoms with Crippen molar-refractivity contribution in [3.05, 3.63) is 34.3 Å². The van der Waals surface area contributed by atoms with E-state index in [4.69, 9.17) is 21.1 Å². The lowest BCUT2D eigenvalue weighted by molar-refractivity contribution is -0.203. The van der Waals surface area contributed by atoms with Crippen molar-refractivity contribution in [3.63, 3.8) is 0 Å². The number of halogens is 1. The normalized spacial score (nSPS) is 33.3. The minimum Gasteiger partial charge on any atom is -0.469 e. The molecule has 0 spiro atoms. The summed E-state index contributed by atoms with van der Waals surface area (Å²) in [7, 11) is 3.13. The molecule has 5 rings (SSSR count). The molecule has 6 nitrogen and oxygen atoms in total. The fraction of sp³-hybridized carbons (Fsp3) is 0.724. The number of esters is 1. The van der Waals surface area contributed by atoms with Crippen LogP contribution in [0.15, 0.2) is 18.2 Å². The highest BCUT2D eigenvalue weighted by Crippen LogP contribution is 2.67. The first kappa shape index (κ1) is 27.4. The van der Waals surface area contributed by atoms with Crippen LogP contribution in [0.3, 0.4) is 0 Å². The molecule has 36 heavy (non-hydrogen) atoms. The van der Waals surface area contributed by atoms with Gasteiger partial charge in [0.05, 0.1) is 18.6 Å². The van der Waals surface area contributed by atoms with Crippen molar-refractivity contribution in [1.82, 2.24) is 5.32 Å². The summed E-state index contributed by atoms with van der Waals surface area (Å²) in [5, 5.41) is 14.4. The van der Waals surface area contributed by atoms with E-state index in [-0.39, 0.29) is 47.9 Å². The Morgan fingerprint density at radius 1 is 1.19 bits per heavy atom. The number of methoxy groups -OCH3 is 2. The van der Waals surface area contributed by atoms with Gasteiger partial charge in [-0.05, 0) is 79.9 Å². The van der Waals surface area contributed by atoms with Crippen LogP contribution in [0.25, 0.3) is 0 Å². The summed E-state index contributed by atoms with van der Waals surface area (Å²) in [4.78, 5) is 25.5. The van der Waals surface area contributed by atoms with E-state index in [0.717, 1.165) is 41.8 Å². The van der Waals surface area contributed by atoms with Crippen molar-refractivity contribution in [1.29, 1.82) is 0 Å². The SMILES string of the molecule is COC(=O)C12CC(NC(=O)CC3(c4ccc(CCC(C)(C)C)c(Cl)c4)CCC(OC)CC3CO)(C1)C2. The molecular formula is C29H42ClNO5.